The molecule has 1 saturated heterocycles. The van der Waals surface area contributed by atoms with E-state index in [0.717, 1.165) is 23.2 Å². The molecule has 194 valence electrons. The van der Waals surface area contributed by atoms with E-state index in [1.807, 2.05) is 60.0 Å². The summed E-state index contributed by atoms with van der Waals surface area (Å²) in [6.07, 6.45) is 6.18. The highest BCUT2D eigenvalue weighted by molar-refractivity contribution is 6.03. The Morgan fingerprint density at radius 1 is 0.974 bits per heavy atom. The third-order valence-corrected chi connectivity index (χ3v) is 7.24. The summed E-state index contributed by atoms with van der Waals surface area (Å²) in [4.78, 5) is 41.1. The van der Waals surface area contributed by atoms with Crippen molar-refractivity contribution in [1.29, 1.82) is 0 Å². The van der Waals surface area contributed by atoms with Crippen LogP contribution in [0.25, 0.3) is 6.08 Å². The molecular weight excluding hydrogens is 478 g/mol. The predicted molar refractivity (Wildman–Crippen MR) is 147 cm³/mol. The molecular formula is C31H31N3O4. The molecule has 7 heteroatoms. The number of fused-ring (bicyclic) bond motifs is 4. The van der Waals surface area contributed by atoms with Crippen molar-refractivity contribution in [1.82, 2.24) is 14.8 Å². The van der Waals surface area contributed by atoms with Crippen molar-refractivity contribution in [2.24, 2.45) is 5.92 Å². The number of carbonyl (C=O) groups excluding carboxylic acids is 2. The molecule has 3 aromatic rings. The van der Waals surface area contributed by atoms with E-state index in [1.54, 1.807) is 48.4 Å². The van der Waals surface area contributed by atoms with E-state index in [0.29, 0.717) is 30.9 Å². The van der Waals surface area contributed by atoms with E-state index in [2.05, 4.69) is 5.32 Å². The molecule has 1 aromatic heterocycles. The van der Waals surface area contributed by atoms with E-state index in [-0.39, 0.29) is 34.9 Å². The van der Waals surface area contributed by atoms with Crippen LogP contribution in [0.5, 0.6) is 5.75 Å². The van der Waals surface area contributed by atoms with Crippen LogP contribution < -0.4 is 15.6 Å². The average Bonchev–Trinajstić information content (AvgIpc) is 2.93. The van der Waals surface area contributed by atoms with Crippen molar-refractivity contribution in [3.8, 4) is 5.75 Å². The van der Waals surface area contributed by atoms with Gasteiger partial charge in [0, 0.05) is 48.4 Å². The Labute approximate surface area is 222 Å². The third kappa shape index (κ3) is 5.32. The second-order valence-corrected chi connectivity index (χ2v) is 9.91. The number of carbonyl (C=O) groups is 2. The second kappa shape index (κ2) is 10.9. The predicted octanol–water partition coefficient (Wildman–Crippen LogP) is 4.14. The monoisotopic (exact) mass is 509 g/mol. The summed E-state index contributed by atoms with van der Waals surface area (Å²) in [6.45, 7) is 3.58. The fraction of sp³-hybridized carbons (Fsp3) is 0.258. The Morgan fingerprint density at radius 3 is 2.55 bits per heavy atom. The van der Waals surface area contributed by atoms with Crippen molar-refractivity contribution in [2.75, 3.05) is 20.2 Å². The number of piperidine rings is 1. The van der Waals surface area contributed by atoms with E-state index in [9.17, 15) is 14.4 Å². The largest absolute Gasteiger partial charge is 0.496 e. The first-order valence-electron chi connectivity index (χ1n) is 12.8. The van der Waals surface area contributed by atoms with Crippen LogP contribution in [-0.4, -0.2) is 41.5 Å². The summed E-state index contributed by atoms with van der Waals surface area (Å²) in [5.41, 5.74) is 3.56. The van der Waals surface area contributed by atoms with Crippen LogP contribution in [0.1, 0.15) is 39.5 Å². The molecule has 0 saturated carbocycles. The fourth-order valence-electron chi connectivity index (χ4n) is 5.35. The first kappa shape index (κ1) is 25.3. The van der Waals surface area contributed by atoms with Crippen LogP contribution in [0.3, 0.4) is 0 Å². The van der Waals surface area contributed by atoms with Crippen molar-refractivity contribution in [2.45, 2.75) is 25.8 Å². The average molecular weight is 510 g/mol. The number of hydrogen-bond donors (Lipinski definition) is 1. The number of ether oxygens (including phenoxy) is 1. The van der Waals surface area contributed by atoms with Crippen molar-refractivity contribution >= 4 is 17.9 Å². The number of aryl methyl sites for hydroxylation is 1. The Balaban J connectivity index is 1.42. The molecule has 7 nitrogen and oxygen atoms in total. The molecule has 0 unspecified atom stereocenters. The van der Waals surface area contributed by atoms with Crippen molar-refractivity contribution < 1.29 is 14.3 Å². The van der Waals surface area contributed by atoms with Gasteiger partial charge in [0.15, 0.2) is 0 Å². The molecule has 2 aliphatic rings. The lowest BCUT2D eigenvalue weighted by Crippen LogP contribution is -2.50. The molecule has 2 atom stereocenters. The van der Waals surface area contributed by atoms with Gasteiger partial charge in [-0.05, 0) is 49.6 Å². The van der Waals surface area contributed by atoms with Gasteiger partial charge in [0.05, 0.1) is 7.11 Å². The number of benzene rings is 2. The maximum absolute atomic E-state index is 13.8. The maximum Gasteiger partial charge on any atom is 0.270 e. The number of nitrogens with zero attached hydrogens (tertiary/aromatic N) is 2. The SMILES string of the molecule is COc1ccccc1/C=C/C=C(\NC(=O)c1ccc(C)cc1)C(=O)N1C[C@H]2C[C@@H](C1)c1cccc(=O)n1C2. The smallest absolute Gasteiger partial charge is 0.270 e. The van der Waals surface area contributed by atoms with E-state index in [1.165, 1.54) is 0 Å². The summed E-state index contributed by atoms with van der Waals surface area (Å²) >= 11 is 0. The number of amides is 2. The molecule has 2 aromatic carbocycles. The summed E-state index contributed by atoms with van der Waals surface area (Å²) in [7, 11) is 1.61. The molecule has 2 aliphatic heterocycles. The normalized spacial score (nSPS) is 18.7. The zero-order valence-corrected chi connectivity index (χ0v) is 21.6. The van der Waals surface area contributed by atoms with Crippen LogP contribution in [0, 0.1) is 12.8 Å². The first-order valence-corrected chi connectivity index (χ1v) is 12.8. The van der Waals surface area contributed by atoms with Gasteiger partial charge in [0.1, 0.15) is 11.4 Å². The summed E-state index contributed by atoms with van der Waals surface area (Å²) in [5, 5.41) is 2.85. The minimum Gasteiger partial charge on any atom is -0.496 e. The number of nitrogens with one attached hydrogen (secondary N) is 1. The number of para-hydroxylation sites is 1. The van der Waals surface area contributed by atoms with E-state index >= 15 is 0 Å². The fourth-order valence-corrected chi connectivity index (χ4v) is 5.35. The summed E-state index contributed by atoms with van der Waals surface area (Å²) in [5.74, 6) is 0.398. The van der Waals surface area contributed by atoms with Gasteiger partial charge >= 0.3 is 0 Å². The highest BCUT2D eigenvalue weighted by Crippen LogP contribution is 2.35. The number of hydrogen-bond acceptors (Lipinski definition) is 4. The number of methoxy groups -OCH3 is 1. The maximum atomic E-state index is 13.8. The van der Waals surface area contributed by atoms with Gasteiger partial charge in [-0.3, -0.25) is 14.4 Å². The first-order chi connectivity index (χ1) is 18.4. The molecule has 0 radical (unpaired) electrons. The molecule has 38 heavy (non-hydrogen) atoms. The number of likely N-dealkylation sites (tertiary alicyclic amines) is 1. The van der Waals surface area contributed by atoms with Gasteiger partial charge < -0.3 is 19.5 Å². The molecule has 0 aliphatic carbocycles. The van der Waals surface area contributed by atoms with Gasteiger partial charge in [0.25, 0.3) is 17.4 Å². The lowest BCUT2D eigenvalue weighted by Gasteiger charge is -2.42. The molecule has 5 rings (SSSR count). The minimum atomic E-state index is -0.343. The molecule has 1 N–H and O–H groups in total. The van der Waals surface area contributed by atoms with Gasteiger partial charge in [-0.1, -0.05) is 54.1 Å². The van der Waals surface area contributed by atoms with Gasteiger partial charge in [-0.2, -0.15) is 0 Å². The van der Waals surface area contributed by atoms with Crippen LogP contribution >= 0.6 is 0 Å². The topological polar surface area (TPSA) is 80.6 Å². The lowest BCUT2D eigenvalue weighted by atomic mass is 9.83. The Hall–Kier alpha value is -4.39. The standard InChI is InChI=1S/C31H31N3O4/c1-21-13-15-24(16-14-21)30(36)32-26(9-5-8-23-7-3-4-11-28(23)38-2)31(37)33-18-22-17-25(20-33)27-10-6-12-29(35)34(27)19-22/h3-16,22,25H,17-20H2,1-2H3,(H,32,36)/b8-5+,26-9-/t22-,25+/m1/s1. The van der Waals surface area contributed by atoms with Crippen LogP contribution in [-0.2, 0) is 11.3 Å². The third-order valence-electron chi connectivity index (χ3n) is 7.24. The molecule has 1 fully saturated rings. The van der Waals surface area contributed by atoms with Gasteiger partial charge in [-0.25, -0.2) is 0 Å². The van der Waals surface area contributed by atoms with Crippen LogP contribution in [0.2, 0.25) is 0 Å². The summed E-state index contributed by atoms with van der Waals surface area (Å²) in [6, 6.07) is 20.2. The van der Waals surface area contributed by atoms with E-state index < -0.39 is 0 Å². The number of aromatic nitrogens is 1. The van der Waals surface area contributed by atoms with Crippen molar-refractivity contribution in [3.05, 3.63) is 117 Å². The minimum absolute atomic E-state index is 0.00407. The highest BCUT2D eigenvalue weighted by atomic mass is 16.5. The Bertz CT molecular complexity index is 1470. The lowest BCUT2D eigenvalue weighted by molar-refractivity contribution is -0.130. The Kier molecular flexibility index (Phi) is 7.26. The van der Waals surface area contributed by atoms with Gasteiger partial charge in [0.2, 0.25) is 0 Å². The van der Waals surface area contributed by atoms with Crippen LogP contribution in [0.4, 0.5) is 0 Å². The van der Waals surface area contributed by atoms with Crippen LogP contribution in [0.15, 0.2) is 89.4 Å². The molecule has 2 amide bonds. The number of allylic oxidation sites excluding steroid dienone is 2. The van der Waals surface area contributed by atoms with Crippen molar-refractivity contribution in [3.63, 3.8) is 0 Å². The zero-order chi connectivity index (χ0) is 26.6. The Morgan fingerprint density at radius 2 is 1.76 bits per heavy atom. The summed E-state index contributed by atoms with van der Waals surface area (Å²) < 4.78 is 7.26. The quantitative estimate of drug-likeness (QED) is 0.400. The second-order valence-electron chi connectivity index (χ2n) is 9.91. The van der Waals surface area contributed by atoms with Gasteiger partial charge in [-0.15, -0.1) is 0 Å². The highest BCUT2D eigenvalue weighted by Gasteiger charge is 2.37. The molecule has 0 spiro atoms. The van der Waals surface area contributed by atoms with E-state index in [4.69, 9.17) is 4.74 Å². The number of pyridine rings is 1. The number of rotatable bonds is 6. The molecule has 2 bridgehead atoms. The molecule has 3 heterocycles. The zero-order valence-electron chi connectivity index (χ0n) is 21.6.